The number of nitrogens with one attached hydrogen (secondary N) is 1. The number of aryl methyl sites for hydroxylation is 1. The predicted octanol–water partition coefficient (Wildman–Crippen LogP) is 0.320. The Morgan fingerprint density at radius 3 is 2.88 bits per heavy atom. The number of hydrogen-bond donors (Lipinski definition) is 2. The Balaban J connectivity index is 1.79. The lowest BCUT2D eigenvalue weighted by molar-refractivity contribution is -0.140. The van der Waals surface area contributed by atoms with Gasteiger partial charge in [0.25, 0.3) is 0 Å². The van der Waals surface area contributed by atoms with Gasteiger partial charge in [-0.3, -0.25) is 9.59 Å². The van der Waals surface area contributed by atoms with Crippen LogP contribution in [0.1, 0.15) is 17.9 Å². The molecule has 86 valence electrons. The summed E-state index contributed by atoms with van der Waals surface area (Å²) in [5, 5.41) is 15.0. The van der Waals surface area contributed by atoms with E-state index in [0.717, 1.165) is 5.69 Å². The summed E-state index contributed by atoms with van der Waals surface area (Å²) < 4.78 is 4.91. The normalized spacial score (nSPS) is 22.8. The van der Waals surface area contributed by atoms with Crippen molar-refractivity contribution in [2.75, 3.05) is 0 Å². The van der Waals surface area contributed by atoms with Crippen LogP contribution in [0.4, 0.5) is 0 Å². The molecule has 1 aliphatic rings. The maximum atomic E-state index is 11.5. The van der Waals surface area contributed by atoms with Crippen LogP contribution in [0.15, 0.2) is 10.6 Å². The predicted molar refractivity (Wildman–Crippen MR) is 52.3 cm³/mol. The molecule has 6 heteroatoms. The van der Waals surface area contributed by atoms with Crippen molar-refractivity contribution in [3.8, 4) is 0 Å². The fourth-order valence-corrected chi connectivity index (χ4v) is 1.56. The number of nitrogens with zero attached hydrogens (tertiary/aromatic N) is 1. The molecule has 1 saturated carbocycles. The standard InChI is InChI=1S/C10H12N2O4/c1-5-2-6(16-12-5)4-11-9(13)7-3-8(7)10(14)15/h2,7-8H,3-4H2,1H3,(H,11,13)(H,14,15). The summed E-state index contributed by atoms with van der Waals surface area (Å²) in [5.41, 5.74) is 0.749. The number of carboxylic acids is 1. The topological polar surface area (TPSA) is 92.4 Å². The first kappa shape index (κ1) is 10.7. The quantitative estimate of drug-likeness (QED) is 0.768. The summed E-state index contributed by atoms with van der Waals surface area (Å²) >= 11 is 0. The summed E-state index contributed by atoms with van der Waals surface area (Å²) in [6, 6.07) is 1.72. The van der Waals surface area contributed by atoms with Crippen LogP contribution in [0.2, 0.25) is 0 Å². The number of aromatic nitrogens is 1. The van der Waals surface area contributed by atoms with Gasteiger partial charge in [0, 0.05) is 6.07 Å². The molecule has 0 spiro atoms. The van der Waals surface area contributed by atoms with E-state index in [9.17, 15) is 9.59 Å². The highest BCUT2D eigenvalue weighted by molar-refractivity contribution is 5.89. The van der Waals surface area contributed by atoms with Crippen molar-refractivity contribution in [2.24, 2.45) is 11.8 Å². The maximum absolute atomic E-state index is 11.5. The Morgan fingerprint density at radius 2 is 2.38 bits per heavy atom. The van der Waals surface area contributed by atoms with Crippen LogP contribution >= 0.6 is 0 Å². The molecule has 1 aromatic rings. The zero-order valence-electron chi connectivity index (χ0n) is 8.77. The summed E-state index contributed by atoms with van der Waals surface area (Å²) in [7, 11) is 0. The van der Waals surface area contributed by atoms with E-state index in [-0.39, 0.29) is 18.4 Å². The van der Waals surface area contributed by atoms with Gasteiger partial charge in [-0.15, -0.1) is 0 Å². The van der Waals surface area contributed by atoms with Gasteiger partial charge in [-0.1, -0.05) is 5.16 Å². The first-order valence-electron chi connectivity index (χ1n) is 5.00. The highest BCUT2D eigenvalue weighted by Gasteiger charge is 2.48. The molecule has 2 atom stereocenters. The third-order valence-electron chi connectivity index (χ3n) is 2.56. The fraction of sp³-hybridized carbons (Fsp3) is 0.500. The molecule has 1 aliphatic carbocycles. The minimum Gasteiger partial charge on any atom is -0.481 e. The van der Waals surface area contributed by atoms with Gasteiger partial charge in [0.05, 0.1) is 24.1 Å². The van der Waals surface area contributed by atoms with Crippen LogP contribution in [0.3, 0.4) is 0 Å². The number of carbonyl (C=O) groups is 2. The third-order valence-corrected chi connectivity index (χ3v) is 2.56. The second-order valence-corrected chi connectivity index (χ2v) is 3.94. The molecule has 2 N–H and O–H groups in total. The number of carboxylic acid groups (broad SMARTS) is 1. The van der Waals surface area contributed by atoms with E-state index in [1.54, 1.807) is 13.0 Å². The van der Waals surface area contributed by atoms with Gasteiger partial charge >= 0.3 is 5.97 Å². The van der Waals surface area contributed by atoms with E-state index in [1.807, 2.05) is 0 Å². The average Bonchev–Trinajstić information content (AvgIpc) is 2.93. The summed E-state index contributed by atoms with van der Waals surface area (Å²) in [6.07, 6.45) is 0.427. The molecule has 1 heterocycles. The van der Waals surface area contributed by atoms with Crippen LogP contribution in [-0.2, 0) is 16.1 Å². The van der Waals surface area contributed by atoms with Crippen molar-refractivity contribution in [1.29, 1.82) is 0 Å². The van der Waals surface area contributed by atoms with Crippen molar-refractivity contribution in [3.05, 3.63) is 17.5 Å². The largest absolute Gasteiger partial charge is 0.481 e. The maximum Gasteiger partial charge on any atom is 0.307 e. The number of carbonyl (C=O) groups excluding carboxylic acids is 1. The van der Waals surface area contributed by atoms with Crippen LogP contribution in [0.25, 0.3) is 0 Å². The van der Waals surface area contributed by atoms with Crippen molar-refractivity contribution in [3.63, 3.8) is 0 Å². The Morgan fingerprint density at radius 1 is 1.62 bits per heavy atom. The zero-order chi connectivity index (χ0) is 11.7. The molecule has 2 unspecified atom stereocenters. The number of hydrogen-bond acceptors (Lipinski definition) is 4. The van der Waals surface area contributed by atoms with E-state index in [4.69, 9.17) is 9.63 Å². The smallest absolute Gasteiger partial charge is 0.307 e. The number of aliphatic carboxylic acids is 1. The highest BCUT2D eigenvalue weighted by Crippen LogP contribution is 2.38. The van der Waals surface area contributed by atoms with E-state index in [1.165, 1.54) is 0 Å². The Hall–Kier alpha value is -1.85. The molecule has 0 saturated heterocycles. The molecule has 0 aliphatic heterocycles. The molecule has 1 amide bonds. The van der Waals surface area contributed by atoms with Crippen molar-refractivity contribution in [2.45, 2.75) is 19.9 Å². The molecular formula is C10H12N2O4. The first-order chi connectivity index (χ1) is 7.58. The van der Waals surface area contributed by atoms with Crippen LogP contribution in [0, 0.1) is 18.8 Å². The molecule has 1 aromatic heterocycles. The molecule has 6 nitrogen and oxygen atoms in total. The Kier molecular flexibility index (Phi) is 2.64. The van der Waals surface area contributed by atoms with Gasteiger partial charge in [-0.2, -0.15) is 0 Å². The fourth-order valence-electron chi connectivity index (χ4n) is 1.56. The van der Waals surface area contributed by atoms with Crippen molar-refractivity contribution >= 4 is 11.9 Å². The SMILES string of the molecule is Cc1cc(CNC(=O)C2CC2C(=O)O)on1. The molecule has 0 radical (unpaired) electrons. The molecule has 1 fully saturated rings. The van der Waals surface area contributed by atoms with Crippen molar-refractivity contribution < 1.29 is 19.2 Å². The van der Waals surface area contributed by atoms with Gasteiger partial charge < -0.3 is 14.9 Å². The minimum absolute atomic E-state index is 0.235. The van der Waals surface area contributed by atoms with Crippen LogP contribution in [-0.4, -0.2) is 22.1 Å². The number of amides is 1. The second kappa shape index (κ2) is 3.96. The van der Waals surface area contributed by atoms with Gasteiger partial charge in [0.1, 0.15) is 0 Å². The second-order valence-electron chi connectivity index (χ2n) is 3.94. The van der Waals surface area contributed by atoms with E-state index < -0.39 is 11.9 Å². The molecule has 0 aromatic carbocycles. The Bertz CT molecular complexity index is 426. The molecule has 0 bridgehead atoms. The van der Waals surface area contributed by atoms with Crippen molar-refractivity contribution in [1.82, 2.24) is 10.5 Å². The van der Waals surface area contributed by atoms with Gasteiger partial charge in [-0.25, -0.2) is 0 Å². The van der Waals surface area contributed by atoms with E-state index in [2.05, 4.69) is 10.5 Å². The monoisotopic (exact) mass is 224 g/mol. The van der Waals surface area contributed by atoms with Crippen LogP contribution < -0.4 is 5.32 Å². The average molecular weight is 224 g/mol. The summed E-state index contributed by atoms with van der Waals surface area (Å²) in [4.78, 5) is 22.0. The zero-order valence-corrected chi connectivity index (χ0v) is 8.77. The lowest BCUT2D eigenvalue weighted by atomic mass is 10.3. The van der Waals surface area contributed by atoms with Gasteiger partial charge in [-0.05, 0) is 13.3 Å². The Labute approximate surface area is 91.6 Å². The van der Waals surface area contributed by atoms with Gasteiger partial charge in [0.2, 0.25) is 5.91 Å². The highest BCUT2D eigenvalue weighted by atomic mass is 16.5. The lowest BCUT2D eigenvalue weighted by Gasteiger charge is -2.00. The third kappa shape index (κ3) is 2.21. The lowest BCUT2D eigenvalue weighted by Crippen LogP contribution is -2.25. The first-order valence-corrected chi connectivity index (χ1v) is 5.00. The van der Waals surface area contributed by atoms with Crippen LogP contribution in [0.5, 0.6) is 0 Å². The van der Waals surface area contributed by atoms with E-state index >= 15 is 0 Å². The molecule has 16 heavy (non-hydrogen) atoms. The minimum atomic E-state index is -0.907. The molecule has 2 rings (SSSR count). The van der Waals surface area contributed by atoms with Gasteiger partial charge in [0.15, 0.2) is 5.76 Å². The molecular weight excluding hydrogens is 212 g/mol. The summed E-state index contributed by atoms with van der Waals surface area (Å²) in [5.74, 6) is -1.48. The number of rotatable bonds is 4. The van der Waals surface area contributed by atoms with E-state index in [0.29, 0.717) is 12.2 Å². The summed E-state index contributed by atoms with van der Waals surface area (Å²) in [6.45, 7) is 2.04.